The lowest BCUT2D eigenvalue weighted by Gasteiger charge is -2.49. The van der Waals surface area contributed by atoms with Crippen molar-refractivity contribution < 1.29 is 18.0 Å². The third-order valence-corrected chi connectivity index (χ3v) is 4.93. The summed E-state index contributed by atoms with van der Waals surface area (Å²) < 4.78 is 37.3. The highest BCUT2D eigenvalue weighted by Crippen LogP contribution is 2.35. The summed E-state index contributed by atoms with van der Waals surface area (Å²) in [5.74, 6) is -1.81. The Bertz CT molecular complexity index is 533. The van der Waals surface area contributed by atoms with E-state index in [9.17, 15) is 18.0 Å². The van der Waals surface area contributed by atoms with Crippen molar-refractivity contribution in [3.05, 3.63) is 35.9 Å². The molecule has 1 amide bonds. The highest BCUT2D eigenvalue weighted by Gasteiger charge is 2.43. The van der Waals surface area contributed by atoms with Gasteiger partial charge in [0.05, 0.1) is 0 Å². The number of alkyl halides is 3. The molecule has 2 heterocycles. The summed E-state index contributed by atoms with van der Waals surface area (Å²) >= 11 is 0. The number of nitrogens with zero attached hydrogens (tertiary/aromatic N) is 1. The Morgan fingerprint density at radius 2 is 1.74 bits per heavy atom. The lowest BCUT2D eigenvalue weighted by molar-refractivity contribution is -0.175. The van der Waals surface area contributed by atoms with Crippen LogP contribution in [-0.4, -0.2) is 35.1 Å². The number of carbonyl (C=O) groups excluding carboxylic acids is 1. The van der Waals surface area contributed by atoms with Gasteiger partial charge in [-0.05, 0) is 31.2 Å². The van der Waals surface area contributed by atoms with Crippen LogP contribution in [-0.2, 0) is 11.3 Å². The molecule has 2 saturated heterocycles. The first-order valence-electron chi connectivity index (χ1n) is 8.11. The van der Waals surface area contributed by atoms with Gasteiger partial charge in [-0.2, -0.15) is 13.2 Å². The van der Waals surface area contributed by atoms with E-state index in [1.165, 1.54) is 5.56 Å². The highest BCUT2D eigenvalue weighted by atomic mass is 19.4. The van der Waals surface area contributed by atoms with Gasteiger partial charge in [-0.25, -0.2) is 0 Å². The zero-order valence-electron chi connectivity index (χ0n) is 12.9. The molecule has 2 bridgehead atoms. The fourth-order valence-electron chi connectivity index (χ4n) is 3.92. The number of benzene rings is 1. The number of nitrogens with one attached hydrogen (secondary N) is 1. The molecule has 1 aromatic rings. The molecular formula is C17H21F3N2O. The molecule has 0 unspecified atom stereocenters. The van der Waals surface area contributed by atoms with E-state index in [1.54, 1.807) is 0 Å². The highest BCUT2D eigenvalue weighted by molar-refractivity contribution is 5.81. The second kappa shape index (κ2) is 6.51. The third kappa shape index (κ3) is 3.86. The van der Waals surface area contributed by atoms with Crippen molar-refractivity contribution in [2.24, 2.45) is 0 Å². The van der Waals surface area contributed by atoms with E-state index in [2.05, 4.69) is 22.3 Å². The summed E-state index contributed by atoms with van der Waals surface area (Å²) in [5, 5.41) is 2.18. The van der Waals surface area contributed by atoms with Crippen LogP contribution < -0.4 is 5.32 Å². The molecule has 126 valence electrons. The molecule has 0 aromatic heterocycles. The normalized spacial score (nSPS) is 28.4. The number of hydrogen-bond acceptors (Lipinski definition) is 2. The molecule has 2 fully saturated rings. The number of carbonyl (C=O) groups is 1. The smallest absolute Gasteiger partial charge is 0.345 e. The summed E-state index contributed by atoms with van der Waals surface area (Å²) in [6.45, 7) is 0.829. The fraction of sp³-hybridized carbons (Fsp3) is 0.588. The molecule has 3 rings (SSSR count). The molecule has 3 nitrogen and oxygen atoms in total. The third-order valence-electron chi connectivity index (χ3n) is 4.93. The predicted octanol–water partition coefficient (Wildman–Crippen LogP) is 3.25. The van der Waals surface area contributed by atoms with Crippen LogP contribution in [0.4, 0.5) is 13.2 Å². The quantitative estimate of drug-likeness (QED) is 0.925. The van der Waals surface area contributed by atoms with E-state index in [0.717, 1.165) is 25.8 Å². The predicted molar refractivity (Wildman–Crippen MR) is 80.6 cm³/mol. The van der Waals surface area contributed by atoms with Crippen LogP contribution in [0, 0.1) is 0 Å². The number of piperidine rings is 2. The molecule has 0 radical (unpaired) electrons. The monoisotopic (exact) mass is 326 g/mol. The van der Waals surface area contributed by atoms with Crippen LogP contribution in [0.5, 0.6) is 0 Å². The fourth-order valence-corrected chi connectivity index (χ4v) is 3.92. The van der Waals surface area contributed by atoms with Crippen LogP contribution in [0.2, 0.25) is 0 Å². The van der Waals surface area contributed by atoms with Gasteiger partial charge in [-0.1, -0.05) is 36.8 Å². The van der Waals surface area contributed by atoms with Gasteiger partial charge >= 0.3 is 12.1 Å². The minimum Gasteiger partial charge on any atom is -0.345 e. The van der Waals surface area contributed by atoms with Crippen molar-refractivity contribution >= 4 is 5.91 Å². The standard InChI is InChI=1S/C17H21F3N2O/c18-17(19,20)16(23)21-13-9-14-7-4-8-15(10-13)22(14)11-12-5-2-1-3-6-12/h1-3,5-6,13-15H,4,7-11H2,(H,21,23)/t13-,14-,15+. The Morgan fingerprint density at radius 3 is 2.30 bits per heavy atom. The second-order valence-corrected chi connectivity index (χ2v) is 6.54. The van der Waals surface area contributed by atoms with Gasteiger partial charge < -0.3 is 5.32 Å². The largest absolute Gasteiger partial charge is 0.471 e. The molecule has 2 aliphatic rings. The van der Waals surface area contributed by atoms with E-state index < -0.39 is 12.1 Å². The van der Waals surface area contributed by atoms with Crippen LogP contribution in [0.3, 0.4) is 0 Å². The Morgan fingerprint density at radius 1 is 1.13 bits per heavy atom. The van der Waals surface area contributed by atoms with E-state index in [-0.39, 0.29) is 18.1 Å². The molecule has 3 atom stereocenters. The van der Waals surface area contributed by atoms with E-state index in [0.29, 0.717) is 12.8 Å². The first-order chi connectivity index (χ1) is 10.9. The lowest BCUT2D eigenvalue weighted by atomic mass is 9.81. The first-order valence-corrected chi connectivity index (χ1v) is 8.11. The Kier molecular flexibility index (Phi) is 4.62. The van der Waals surface area contributed by atoms with Crippen LogP contribution in [0.1, 0.15) is 37.7 Å². The maximum Gasteiger partial charge on any atom is 0.471 e. The summed E-state index contributed by atoms with van der Waals surface area (Å²) in [7, 11) is 0. The zero-order valence-corrected chi connectivity index (χ0v) is 12.9. The topological polar surface area (TPSA) is 32.3 Å². The van der Waals surface area contributed by atoms with Crippen molar-refractivity contribution in [1.29, 1.82) is 0 Å². The van der Waals surface area contributed by atoms with Crippen LogP contribution in [0.25, 0.3) is 0 Å². The van der Waals surface area contributed by atoms with E-state index in [1.807, 2.05) is 18.2 Å². The van der Waals surface area contributed by atoms with Gasteiger partial charge in [0.15, 0.2) is 0 Å². The molecule has 0 spiro atoms. The van der Waals surface area contributed by atoms with Gasteiger partial charge in [0.1, 0.15) is 0 Å². The van der Waals surface area contributed by atoms with Crippen molar-refractivity contribution in [3.8, 4) is 0 Å². The minimum atomic E-state index is -4.80. The van der Waals surface area contributed by atoms with Gasteiger partial charge in [0.2, 0.25) is 0 Å². The SMILES string of the molecule is O=C(N[C@@H]1C[C@H]2CCC[C@@H](C1)N2Cc1ccccc1)C(F)(F)F. The summed E-state index contributed by atoms with van der Waals surface area (Å²) in [6, 6.07) is 10.3. The molecule has 2 aliphatic heterocycles. The lowest BCUT2D eigenvalue weighted by Crippen LogP contribution is -2.57. The first kappa shape index (κ1) is 16.3. The molecule has 0 saturated carbocycles. The zero-order chi connectivity index (χ0) is 16.4. The van der Waals surface area contributed by atoms with Crippen molar-refractivity contribution in [2.75, 3.05) is 0 Å². The van der Waals surface area contributed by atoms with Crippen molar-refractivity contribution in [3.63, 3.8) is 0 Å². The molecule has 23 heavy (non-hydrogen) atoms. The van der Waals surface area contributed by atoms with Gasteiger partial charge in [0, 0.05) is 24.7 Å². The molecule has 6 heteroatoms. The summed E-state index contributed by atoms with van der Waals surface area (Å²) in [6.07, 6.45) is -0.503. The number of halogens is 3. The number of amides is 1. The van der Waals surface area contributed by atoms with Gasteiger partial charge in [0.25, 0.3) is 0 Å². The Hall–Kier alpha value is -1.56. The molecule has 1 N–H and O–H groups in total. The maximum atomic E-state index is 12.4. The van der Waals surface area contributed by atoms with Crippen molar-refractivity contribution in [1.82, 2.24) is 10.2 Å². The number of rotatable bonds is 3. The molecular weight excluding hydrogens is 305 g/mol. The second-order valence-electron chi connectivity index (χ2n) is 6.54. The molecule has 1 aromatic carbocycles. The minimum absolute atomic E-state index is 0.251. The van der Waals surface area contributed by atoms with E-state index >= 15 is 0 Å². The Balaban J connectivity index is 1.65. The van der Waals surface area contributed by atoms with Crippen LogP contribution in [0.15, 0.2) is 30.3 Å². The van der Waals surface area contributed by atoms with Gasteiger partial charge in [-0.15, -0.1) is 0 Å². The van der Waals surface area contributed by atoms with Crippen molar-refractivity contribution in [2.45, 2.75) is 63.0 Å². The average Bonchev–Trinajstić information content (AvgIpc) is 2.48. The average molecular weight is 326 g/mol. The number of fused-ring (bicyclic) bond motifs is 2. The van der Waals surface area contributed by atoms with Gasteiger partial charge in [-0.3, -0.25) is 9.69 Å². The Labute approximate surface area is 133 Å². The van der Waals surface area contributed by atoms with Crippen LogP contribution >= 0.6 is 0 Å². The number of hydrogen-bond donors (Lipinski definition) is 1. The summed E-state index contributed by atoms with van der Waals surface area (Å²) in [4.78, 5) is 13.6. The molecule has 0 aliphatic carbocycles. The maximum absolute atomic E-state index is 12.4. The van der Waals surface area contributed by atoms with E-state index in [4.69, 9.17) is 0 Å². The summed E-state index contributed by atoms with van der Waals surface area (Å²) in [5.41, 5.74) is 1.22.